The summed E-state index contributed by atoms with van der Waals surface area (Å²) in [4.78, 5) is 0. The van der Waals surface area contributed by atoms with Crippen molar-refractivity contribution in [2.45, 2.75) is 25.2 Å². The lowest BCUT2D eigenvalue weighted by molar-refractivity contribution is 0.396. The predicted octanol–water partition coefficient (Wildman–Crippen LogP) is 10.3. The number of aromatic nitrogens is 2. The van der Waals surface area contributed by atoms with Gasteiger partial charge in [0.15, 0.2) is 0 Å². The van der Waals surface area contributed by atoms with Crippen molar-refractivity contribution >= 4 is 82.9 Å². The van der Waals surface area contributed by atoms with Gasteiger partial charge in [0.05, 0.1) is 11.0 Å². The van der Waals surface area contributed by atoms with E-state index in [1.54, 1.807) is 0 Å². The van der Waals surface area contributed by atoms with Crippen LogP contribution >= 0.6 is 0 Å². The van der Waals surface area contributed by atoms with Gasteiger partial charge >= 0.3 is 6.85 Å². The van der Waals surface area contributed by atoms with Crippen molar-refractivity contribution in [1.29, 1.82) is 0 Å². The Morgan fingerprint density at radius 1 is 0.560 bits per heavy atom. The van der Waals surface area contributed by atoms with Crippen molar-refractivity contribution < 1.29 is 0 Å². The molecule has 0 amide bonds. The Balaban J connectivity index is 1.32. The molecule has 0 bridgehead atoms. The largest absolute Gasteiger partial charge is 0.376 e. The maximum absolute atomic E-state index is 2.75. The van der Waals surface area contributed by atoms with E-state index in [4.69, 9.17) is 0 Å². The molecule has 0 N–H and O–H groups in total. The van der Waals surface area contributed by atoms with Crippen LogP contribution in [0.1, 0.15) is 30.9 Å². The molecular weight excluding hydrogens is 603 g/mol. The Labute approximate surface area is 290 Å². The van der Waals surface area contributed by atoms with Gasteiger partial charge < -0.3 is 9.05 Å². The summed E-state index contributed by atoms with van der Waals surface area (Å²) in [6, 6.07) is 48.3. The molecule has 3 heteroatoms. The van der Waals surface area contributed by atoms with Gasteiger partial charge in [0.25, 0.3) is 0 Å². The van der Waals surface area contributed by atoms with Gasteiger partial charge in [-0.1, -0.05) is 147 Å². The number of rotatable bonds is 1. The van der Waals surface area contributed by atoms with Crippen molar-refractivity contribution in [3.05, 3.63) is 163 Å². The number of nitrogens with zero attached hydrogens (tertiary/aromatic N) is 2. The molecule has 2 nitrogen and oxygen atoms in total. The average molecular weight is 637 g/mol. The predicted molar refractivity (Wildman–Crippen MR) is 213 cm³/mol. The van der Waals surface area contributed by atoms with Crippen molar-refractivity contribution in [3.63, 3.8) is 0 Å². The van der Waals surface area contributed by atoms with Gasteiger partial charge in [0, 0.05) is 44.2 Å². The molecule has 2 unspecified atom stereocenters. The Bertz CT molecular complexity index is 3040. The molecule has 2 atom stereocenters. The molecule has 2 aliphatic carbocycles. The molecule has 3 heterocycles. The van der Waals surface area contributed by atoms with E-state index in [-0.39, 0.29) is 12.3 Å². The fraction of sp³-hybridized carbons (Fsp3) is 0.106. The second-order valence-electron chi connectivity index (χ2n) is 15.2. The smallest absolute Gasteiger partial charge is 0.332 e. The van der Waals surface area contributed by atoms with Gasteiger partial charge in [-0.05, 0) is 73.1 Å². The van der Waals surface area contributed by atoms with Crippen LogP contribution < -0.4 is 10.9 Å². The summed E-state index contributed by atoms with van der Waals surface area (Å²) in [7, 11) is 0. The van der Waals surface area contributed by atoms with E-state index >= 15 is 0 Å². The second kappa shape index (κ2) is 9.25. The van der Waals surface area contributed by atoms with Gasteiger partial charge in [0.2, 0.25) is 0 Å². The van der Waals surface area contributed by atoms with Gasteiger partial charge in [-0.15, -0.1) is 0 Å². The highest BCUT2D eigenvalue weighted by atomic mass is 15.0. The van der Waals surface area contributed by atoms with Crippen LogP contribution in [-0.4, -0.2) is 15.9 Å². The normalized spacial score (nSPS) is 18.6. The van der Waals surface area contributed by atoms with E-state index in [9.17, 15) is 0 Å². The number of fused-ring (bicyclic) bond motifs is 16. The third-order valence-corrected chi connectivity index (χ3v) is 12.6. The average Bonchev–Trinajstić information content (AvgIpc) is 3.77. The first-order valence-corrected chi connectivity index (χ1v) is 18.0. The highest BCUT2D eigenvalue weighted by Gasteiger charge is 2.47. The number of benzene rings is 7. The van der Waals surface area contributed by atoms with Gasteiger partial charge in [-0.3, -0.25) is 0 Å². The fourth-order valence-electron chi connectivity index (χ4n) is 10.6. The molecule has 9 aromatic rings. The SMILES string of the molecule is CC1(C)c2c(ccc3c4ccccc4n(B4c5ccccc5-n5c6ccc7ccccc7c6c6c7ccccc7cc4c65)c23)C2C=CC=CC21. The zero-order valence-corrected chi connectivity index (χ0v) is 28.1. The van der Waals surface area contributed by atoms with Crippen molar-refractivity contribution in [2.75, 3.05) is 0 Å². The number of hydrogen-bond acceptors (Lipinski definition) is 0. The first kappa shape index (κ1) is 27.1. The van der Waals surface area contributed by atoms with Crippen LogP contribution in [0.15, 0.2) is 152 Å². The maximum Gasteiger partial charge on any atom is 0.332 e. The molecular formula is C47H33BN2. The van der Waals surface area contributed by atoms with Gasteiger partial charge in [0.1, 0.15) is 0 Å². The highest BCUT2D eigenvalue weighted by molar-refractivity contribution is 6.88. The van der Waals surface area contributed by atoms with Gasteiger partial charge in [-0.2, -0.15) is 0 Å². The molecule has 0 spiro atoms. The van der Waals surface area contributed by atoms with E-state index in [1.165, 1.54) is 92.9 Å². The van der Waals surface area contributed by atoms with Crippen LogP contribution in [0.2, 0.25) is 0 Å². The number of hydrogen-bond donors (Lipinski definition) is 0. The topological polar surface area (TPSA) is 9.86 Å². The van der Waals surface area contributed by atoms with Gasteiger partial charge in [-0.25, -0.2) is 0 Å². The standard InChI is InChI=1S/C47H33BN2/c1-47(2)36-19-9-7-17-32(36)34-24-25-35-33-18-8-11-21-39(33)50(45(35)44(34)47)48-37-20-10-12-22-40(37)49-41-26-23-28-13-3-5-15-30(28)42(41)43-31-16-6-4-14-29(31)27-38(48)46(43)49/h3-27,32,36H,1-2H3. The summed E-state index contributed by atoms with van der Waals surface area (Å²) in [6.07, 6.45) is 9.39. The summed E-state index contributed by atoms with van der Waals surface area (Å²) < 4.78 is 5.33. The first-order chi connectivity index (χ1) is 24.6. The summed E-state index contributed by atoms with van der Waals surface area (Å²) in [5, 5.41) is 10.6. The first-order valence-electron chi connectivity index (χ1n) is 18.0. The molecule has 2 aromatic heterocycles. The minimum Gasteiger partial charge on any atom is -0.376 e. The zero-order chi connectivity index (χ0) is 32.9. The Hall–Kier alpha value is -5.80. The van der Waals surface area contributed by atoms with E-state index in [0.29, 0.717) is 11.8 Å². The molecule has 1 aliphatic heterocycles. The molecule has 234 valence electrons. The lowest BCUT2D eigenvalue weighted by Gasteiger charge is -2.32. The van der Waals surface area contributed by atoms with E-state index < -0.39 is 0 Å². The molecule has 7 aromatic carbocycles. The molecule has 0 saturated carbocycles. The summed E-state index contributed by atoms with van der Waals surface area (Å²) in [6.45, 7) is 4.95. The lowest BCUT2D eigenvalue weighted by Crippen LogP contribution is -2.53. The monoisotopic (exact) mass is 636 g/mol. The molecule has 12 rings (SSSR count). The van der Waals surface area contributed by atoms with Crippen LogP contribution in [-0.2, 0) is 5.41 Å². The quantitative estimate of drug-likeness (QED) is 0.159. The lowest BCUT2D eigenvalue weighted by atomic mass is 9.48. The minimum atomic E-state index is -0.0341. The van der Waals surface area contributed by atoms with E-state index in [1.807, 2.05) is 0 Å². The van der Waals surface area contributed by atoms with Crippen LogP contribution in [0.5, 0.6) is 0 Å². The third-order valence-electron chi connectivity index (χ3n) is 12.6. The third kappa shape index (κ3) is 3.13. The number of allylic oxidation sites excluding steroid dienone is 4. The Kier molecular flexibility index (Phi) is 5.01. The minimum absolute atomic E-state index is 0.0141. The Morgan fingerprint density at radius 3 is 2.16 bits per heavy atom. The molecule has 50 heavy (non-hydrogen) atoms. The van der Waals surface area contributed by atoms with Crippen molar-refractivity contribution in [3.8, 4) is 5.69 Å². The molecule has 0 saturated heterocycles. The molecule has 0 fully saturated rings. The van der Waals surface area contributed by atoms with Crippen LogP contribution in [0.3, 0.4) is 0 Å². The fourth-order valence-corrected chi connectivity index (χ4v) is 10.6. The molecule has 0 radical (unpaired) electrons. The second-order valence-corrected chi connectivity index (χ2v) is 15.2. The van der Waals surface area contributed by atoms with Crippen LogP contribution in [0.4, 0.5) is 0 Å². The maximum atomic E-state index is 2.75. The van der Waals surface area contributed by atoms with Crippen LogP contribution in [0, 0.1) is 5.92 Å². The summed E-state index contributed by atoms with van der Waals surface area (Å²) in [5.41, 5.74) is 12.2. The van der Waals surface area contributed by atoms with Crippen molar-refractivity contribution in [2.24, 2.45) is 5.92 Å². The zero-order valence-electron chi connectivity index (χ0n) is 28.1. The van der Waals surface area contributed by atoms with E-state index in [2.05, 4.69) is 175 Å². The summed E-state index contributed by atoms with van der Waals surface area (Å²) in [5.74, 6) is 0.823. The highest BCUT2D eigenvalue weighted by Crippen LogP contribution is 2.56. The van der Waals surface area contributed by atoms with Crippen LogP contribution in [0.25, 0.3) is 70.8 Å². The Morgan fingerprint density at radius 2 is 1.28 bits per heavy atom. The summed E-state index contributed by atoms with van der Waals surface area (Å²) >= 11 is 0. The van der Waals surface area contributed by atoms with Crippen molar-refractivity contribution in [1.82, 2.24) is 9.05 Å². The van der Waals surface area contributed by atoms with E-state index in [0.717, 1.165) is 0 Å². The number of para-hydroxylation sites is 2. The molecule has 3 aliphatic rings.